The van der Waals surface area contributed by atoms with E-state index in [1.807, 2.05) is 11.1 Å². The summed E-state index contributed by atoms with van der Waals surface area (Å²) >= 11 is 0. The Kier molecular flexibility index (Phi) is 6.23. The quantitative estimate of drug-likeness (QED) is 0.630. The van der Waals surface area contributed by atoms with Crippen molar-refractivity contribution in [3.8, 4) is 0 Å². The summed E-state index contributed by atoms with van der Waals surface area (Å²) in [5.41, 5.74) is 2.62. The van der Waals surface area contributed by atoms with Gasteiger partial charge in [0.15, 0.2) is 0 Å². The maximum Gasteiger partial charge on any atom is 0.264 e. The van der Waals surface area contributed by atoms with Gasteiger partial charge in [-0.3, -0.25) is 14.1 Å². The number of likely N-dealkylation sites (tertiary alicyclic amines) is 1. The number of fused-ring (bicyclic) bond motifs is 1. The van der Waals surface area contributed by atoms with Crippen LogP contribution in [0, 0.1) is 0 Å². The molecule has 1 aromatic heterocycles. The van der Waals surface area contributed by atoms with Gasteiger partial charge in [-0.05, 0) is 60.6 Å². The summed E-state index contributed by atoms with van der Waals surface area (Å²) in [4.78, 5) is 17.9. The molecule has 9 nitrogen and oxygen atoms in total. The molecule has 0 saturated carbocycles. The SMILES string of the molecule is CC(=O)N1CCC(c2cncc3c2CCN3S(=O)(=O)c2ccc(S(=O)(=O)N(C)C)cc2)CC1. The van der Waals surface area contributed by atoms with Crippen molar-refractivity contribution in [2.45, 2.75) is 41.9 Å². The first kappa shape index (κ1) is 23.7. The molecular weight excluding hydrogens is 464 g/mol. The Labute approximate surface area is 195 Å². The van der Waals surface area contributed by atoms with Gasteiger partial charge in [-0.1, -0.05) is 0 Å². The largest absolute Gasteiger partial charge is 0.343 e. The van der Waals surface area contributed by atoms with E-state index in [4.69, 9.17) is 0 Å². The molecule has 178 valence electrons. The minimum Gasteiger partial charge on any atom is -0.343 e. The summed E-state index contributed by atoms with van der Waals surface area (Å²) in [6.45, 7) is 3.26. The predicted molar refractivity (Wildman–Crippen MR) is 124 cm³/mol. The fourth-order valence-electron chi connectivity index (χ4n) is 4.54. The highest BCUT2D eigenvalue weighted by atomic mass is 32.2. The average Bonchev–Trinajstić information content (AvgIpc) is 3.24. The molecule has 11 heteroatoms. The molecule has 2 aromatic rings. The Balaban J connectivity index is 1.61. The number of nitrogens with zero attached hydrogens (tertiary/aromatic N) is 4. The summed E-state index contributed by atoms with van der Waals surface area (Å²) in [6.07, 6.45) is 5.65. The summed E-state index contributed by atoms with van der Waals surface area (Å²) in [5, 5.41) is 0. The van der Waals surface area contributed by atoms with Gasteiger partial charge in [0.25, 0.3) is 10.0 Å². The van der Waals surface area contributed by atoms with Crippen LogP contribution in [0.1, 0.15) is 36.8 Å². The molecule has 4 rings (SSSR count). The molecule has 0 N–H and O–H groups in total. The van der Waals surface area contributed by atoms with E-state index in [0.29, 0.717) is 31.7 Å². The van der Waals surface area contributed by atoms with Crippen molar-refractivity contribution in [1.29, 1.82) is 0 Å². The zero-order chi connectivity index (χ0) is 24.0. The van der Waals surface area contributed by atoms with Crippen LogP contribution < -0.4 is 4.31 Å². The maximum absolute atomic E-state index is 13.4. The minimum atomic E-state index is -3.87. The Morgan fingerprint density at radius 3 is 2.15 bits per heavy atom. The molecule has 1 amide bonds. The van der Waals surface area contributed by atoms with Crippen LogP contribution in [-0.2, 0) is 31.3 Å². The van der Waals surface area contributed by atoms with Crippen molar-refractivity contribution >= 4 is 31.6 Å². The number of carbonyl (C=O) groups is 1. The topological polar surface area (TPSA) is 108 Å². The molecule has 0 bridgehead atoms. The zero-order valence-electron chi connectivity index (χ0n) is 18.9. The van der Waals surface area contributed by atoms with Gasteiger partial charge in [0.1, 0.15) is 0 Å². The Morgan fingerprint density at radius 2 is 1.58 bits per heavy atom. The van der Waals surface area contributed by atoms with E-state index in [-0.39, 0.29) is 21.6 Å². The number of hydrogen-bond acceptors (Lipinski definition) is 6. The van der Waals surface area contributed by atoms with Gasteiger partial charge >= 0.3 is 0 Å². The van der Waals surface area contributed by atoms with Crippen molar-refractivity contribution in [3.05, 3.63) is 47.8 Å². The van der Waals surface area contributed by atoms with E-state index >= 15 is 0 Å². The lowest BCUT2D eigenvalue weighted by Gasteiger charge is -2.32. The highest BCUT2D eigenvalue weighted by Gasteiger charge is 2.35. The second-order valence-corrected chi connectivity index (χ2v) is 12.6. The Hall–Kier alpha value is -2.50. The van der Waals surface area contributed by atoms with Crippen LogP contribution in [0.2, 0.25) is 0 Å². The van der Waals surface area contributed by atoms with Gasteiger partial charge in [0.2, 0.25) is 15.9 Å². The van der Waals surface area contributed by atoms with Gasteiger partial charge in [-0.25, -0.2) is 21.1 Å². The van der Waals surface area contributed by atoms with Crippen LogP contribution in [-0.4, -0.2) is 70.7 Å². The fourth-order valence-corrected chi connectivity index (χ4v) is 6.93. The third-order valence-corrected chi connectivity index (χ3v) is 10.1. The van der Waals surface area contributed by atoms with Crippen LogP contribution in [0.3, 0.4) is 0 Å². The van der Waals surface area contributed by atoms with Crippen LogP contribution in [0.4, 0.5) is 5.69 Å². The Morgan fingerprint density at radius 1 is 0.970 bits per heavy atom. The number of aromatic nitrogens is 1. The average molecular weight is 493 g/mol. The van der Waals surface area contributed by atoms with Crippen LogP contribution in [0.15, 0.2) is 46.5 Å². The second-order valence-electron chi connectivity index (χ2n) is 8.59. The molecule has 1 saturated heterocycles. The van der Waals surface area contributed by atoms with Crippen molar-refractivity contribution in [1.82, 2.24) is 14.2 Å². The molecule has 0 aliphatic carbocycles. The Bertz CT molecular complexity index is 1270. The smallest absolute Gasteiger partial charge is 0.264 e. The summed E-state index contributed by atoms with van der Waals surface area (Å²) < 4.78 is 53.8. The van der Waals surface area contributed by atoms with Gasteiger partial charge in [-0.2, -0.15) is 0 Å². The number of rotatable bonds is 5. The molecule has 1 fully saturated rings. The van der Waals surface area contributed by atoms with E-state index < -0.39 is 20.0 Å². The van der Waals surface area contributed by atoms with E-state index in [2.05, 4.69) is 4.98 Å². The van der Waals surface area contributed by atoms with Crippen LogP contribution in [0.5, 0.6) is 0 Å². The molecule has 0 radical (unpaired) electrons. The standard InChI is InChI=1S/C22H28N4O5S2/c1-16(27)25-11-8-17(9-12-25)21-14-23-15-22-20(21)10-13-26(22)33(30,31)19-6-4-18(5-7-19)32(28,29)24(2)3/h4-7,14-15,17H,8-13H2,1-3H3. The number of pyridine rings is 1. The number of hydrogen-bond donors (Lipinski definition) is 0. The van der Waals surface area contributed by atoms with Crippen molar-refractivity contribution in [2.75, 3.05) is 38.0 Å². The third kappa shape index (κ3) is 4.24. The van der Waals surface area contributed by atoms with E-state index in [0.717, 1.165) is 28.3 Å². The van der Waals surface area contributed by atoms with Gasteiger partial charge in [0.05, 0.1) is 21.7 Å². The van der Waals surface area contributed by atoms with Crippen molar-refractivity contribution in [2.24, 2.45) is 0 Å². The normalized spacial score (nSPS) is 17.5. The maximum atomic E-state index is 13.4. The van der Waals surface area contributed by atoms with Crippen LogP contribution in [0.25, 0.3) is 0 Å². The summed E-state index contributed by atoms with van der Waals surface area (Å²) in [5.74, 6) is 0.313. The number of anilines is 1. The minimum absolute atomic E-state index is 0.0354. The molecule has 2 aliphatic rings. The predicted octanol–water partition coefficient (Wildman–Crippen LogP) is 1.81. The summed E-state index contributed by atoms with van der Waals surface area (Å²) in [7, 11) is -4.66. The third-order valence-electron chi connectivity index (χ3n) is 6.47. The monoisotopic (exact) mass is 492 g/mol. The summed E-state index contributed by atoms with van der Waals surface area (Å²) in [6, 6.07) is 5.30. The number of benzene rings is 1. The van der Waals surface area contributed by atoms with Crippen LogP contribution >= 0.6 is 0 Å². The lowest BCUT2D eigenvalue weighted by Crippen LogP contribution is -2.36. The lowest BCUT2D eigenvalue weighted by molar-refractivity contribution is -0.129. The molecule has 0 unspecified atom stereocenters. The molecule has 0 atom stereocenters. The highest BCUT2D eigenvalue weighted by Crippen LogP contribution is 2.39. The lowest BCUT2D eigenvalue weighted by atomic mass is 9.87. The molecular formula is C22H28N4O5S2. The van der Waals surface area contributed by atoms with E-state index in [1.165, 1.54) is 42.7 Å². The number of amides is 1. The molecule has 1 aromatic carbocycles. The van der Waals surface area contributed by atoms with E-state index in [1.54, 1.807) is 13.1 Å². The van der Waals surface area contributed by atoms with Crippen molar-refractivity contribution in [3.63, 3.8) is 0 Å². The van der Waals surface area contributed by atoms with Gasteiger partial charge < -0.3 is 4.90 Å². The zero-order valence-corrected chi connectivity index (χ0v) is 20.6. The van der Waals surface area contributed by atoms with Gasteiger partial charge in [0, 0.05) is 46.9 Å². The van der Waals surface area contributed by atoms with E-state index in [9.17, 15) is 21.6 Å². The first-order chi connectivity index (χ1) is 15.5. The first-order valence-corrected chi connectivity index (χ1v) is 13.7. The number of piperidine rings is 1. The second kappa shape index (κ2) is 8.69. The highest BCUT2D eigenvalue weighted by molar-refractivity contribution is 7.93. The first-order valence-electron chi connectivity index (χ1n) is 10.8. The number of carbonyl (C=O) groups excluding carboxylic acids is 1. The van der Waals surface area contributed by atoms with Crippen molar-refractivity contribution < 1.29 is 21.6 Å². The fraction of sp³-hybridized carbons (Fsp3) is 0.455. The van der Waals surface area contributed by atoms with Gasteiger partial charge in [-0.15, -0.1) is 0 Å². The number of sulfonamides is 2. The molecule has 33 heavy (non-hydrogen) atoms. The molecule has 3 heterocycles. The molecule has 0 spiro atoms. The molecule has 2 aliphatic heterocycles.